The molecule has 0 unspecified atom stereocenters. The van der Waals surface area contributed by atoms with Gasteiger partial charge in [0.1, 0.15) is 5.78 Å². The molecule has 0 aliphatic heterocycles. The first kappa shape index (κ1) is 18.3. The Morgan fingerprint density at radius 3 is 2.44 bits per heavy atom. The van der Waals surface area contributed by atoms with Crippen LogP contribution >= 0.6 is 0 Å². The van der Waals surface area contributed by atoms with E-state index in [1.165, 1.54) is 24.3 Å². The number of anilines is 1. The first-order valence-corrected chi connectivity index (χ1v) is 11.2. The summed E-state index contributed by atoms with van der Waals surface area (Å²) in [6.45, 7) is 3.93. The monoisotopic (exact) mass is 386 g/mol. The third kappa shape index (κ3) is 2.98. The molecule has 0 aromatic heterocycles. The summed E-state index contributed by atoms with van der Waals surface area (Å²) in [4.78, 5) is 12.3. The molecule has 2 fully saturated rings. The summed E-state index contributed by atoms with van der Waals surface area (Å²) in [5.74, 6) is -0.0552. The molecule has 1 aromatic carbocycles. The van der Waals surface area contributed by atoms with Crippen molar-refractivity contribution in [3.63, 3.8) is 0 Å². The molecule has 9 heteroatoms. The van der Waals surface area contributed by atoms with Crippen LogP contribution in [0, 0.1) is 16.7 Å². The van der Waals surface area contributed by atoms with Gasteiger partial charge in [0.05, 0.1) is 16.1 Å². The van der Waals surface area contributed by atoms with Crippen molar-refractivity contribution in [3.05, 3.63) is 24.3 Å². The van der Waals surface area contributed by atoms with E-state index in [0.29, 0.717) is 12.8 Å². The van der Waals surface area contributed by atoms with Crippen molar-refractivity contribution in [1.29, 1.82) is 0 Å². The predicted molar refractivity (Wildman–Crippen MR) is 93.8 cm³/mol. The van der Waals surface area contributed by atoms with Crippen LogP contribution in [-0.2, 0) is 24.8 Å². The van der Waals surface area contributed by atoms with Gasteiger partial charge in [0.25, 0.3) is 0 Å². The number of rotatable bonds is 5. The summed E-state index contributed by atoms with van der Waals surface area (Å²) in [6, 6.07) is 5.32. The molecule has 2 saturated carbocycles. The molecule has 2 aliphatic rings. The van der Waals surface area contributed by atoms with Crippen LogP contribution in [0.15, 0.2) is 29.2 Å². The zero-order chi connectivity index (χ0) is 18.7. The van der Waals surface area contributed by atoms with Crippen molar-refractivity contribution in [2.45, 2.75) is 38.0 Å². The fraction of sp³-hybridized carbons (Fsp3) is 0.562. The number of primary sulfonamides is 1. The van der Waals surface area contributed by atoms with Crippen molar-refractivity contribution in [2.75, 3.05) is 10.5 Å². The van der Waals surface area contributed by atoms with Gasteiger partial charge in [-0.15, -0.1) is 0 Å². The van der Waals surface area contributed by atoms with Crippen molar-refractivity contribution >= 4 is 31.5 Å². The molecular weight excluding hydrogens is 364 g/mol. The van der Waals surface area contributed by atoms with Crippen LogP contribution in [-0.4, -0.2) is 28.4 Å². The molecule has 0 heterocycles. The number of ketones is 1. The van der Waals surface area contributed by atoms with Gasteiger partial charge < -0.3 is 0 Å². The van der Waals surface area contributed by atoms with Crippen LogP contribution in [0.4, 0.5) is 5.69 Å². The van der Waals surface area contributed by atoms with Gasteiger partial charge in [-0.3, -0.25) is 9.52 Å². The van der Waals surface area contributed by atoms with Crippen LogP contribution in [0.2, 0.25) is 0 Å². The van der Waals surface area contributed by atoms with E-state index < -0.39 is 25.5 Å². The Balaban J connectivity index is 1.88. The van der Waals surface area contributed by atoms with Crippen molar-refractivity contribution in [2.24, 2.45) is 21.9 Å². The van der Waals surface area contributed by atoms with Gasteiger partial charge in [-0.1, -0.05) is 19.9 Å². The summed E-state index contributed by atoms with van der Waals surface area (Å²) in [6.07, 6.45) is 1.86. The fourth-order valence-electron chi connectivity index (χ4n) is 4.38. The average molecular weight is 386 g/mol. The van der Waals surface area contributed by atoms with Gasteiger partial charge in [0.15, 0.2) is 0 Å². The van der Waals surface area contributed by atoms with E-state index in [9.17, 15) is 21.6 Å². The highest BCUT2D eigenvalue weighted by molar-refractivity contribution is 7.92. The number of sulfonamides is 2. The molecule has 2 aliphatic carbocycles. The van der Waals surface area contributed by atoms with Gasteiger partial charge >= 0.3 is 0 Å². The van der Waals surface area contributed by atoms with E-state index in [1.807, 2.05) is 13.8 Å². The number of hydrogen-bond acceptors (Lipinski definition) is 5. The minimum Gasteiger partial charge on any atom is -0.299 e. The Labute approximate surface area is 148 Å². The number of nitrogens with two attached hydrogens (primary N) is 1. The van der Waals surface area contributed by atoms with Gasteiger partial charge in [-0.2, -0.15) is 0 Å². The zero-order valence-electron chi connectivity index (χ0n) is 14.2. The Bertz CT molecular complexity index is 937. The Morgan fingerprint density at radius 1 is 1.24 bits per heavy atom. The summed E-state index contributed by atoms with van der Waals surface area (Å²) in [5, 5.41) is 5.07. The molecular formula is C16H22N2O5S2. The maximum atomic E-state index is 12.7. The van der Waals surface area contributed by atoms with Crippen LogP contribution in [0.5, 0.6) is 0 Å². The number of fused-ring (bicyclic) bond motifs is 2. The van der Waals surface area contributed by atoms with Gasteiger partial charge in [-0.25, -0.2) is 22.0 Å². The molecule has 3 N–H and O–H groups in total. The molecule has 0 amide bonds. The second-order valence-corrected chi connectivity index (χ2v) is 10.9. The molecule has 0 saturated heterocycles. The number of carbonyl (C=O) groups excluding carboxylic acids is 1. The standard InChI is InChI=1S/C16H22N2O5S2/c1-15(2)11-6-7-16(15,14(19)8-11)10-24(20,21)18-12-4-3-5-13(9-12)25(17,22)23/h3-5,9,11,18H,6-8,10H2,1-2H3,(H2,17,22,23)/t11-,16-/m1/s1. The van der Waals surface area contributed by atoms with E-state index in [2.05, 4.69) is 4.72 Å². The van der Waals surface area contributed by atoms with Crippen molar-refractivity contribution in [1.82, 2.24) is 0 Å². The summed E-state index contributed by atoms with van der Waals surface area (Å²) in [7, 11) is -7.76. The minimum absolute atomic E-state index is 0.0115. The third-order valence-electron chi connectivity index (χ3n) is 6.01. The maximum Gasteiger partial charge on any atom is 0.238 e. The van der Waals surface area contributed by atoms with E-state index in [0.717, 1.165) is 6.42 Å². The lowest BCUT2D eigenvalue weighted by molar-refractivity contribution is -0.128. The SMILES string of the molecule is CC1(C)[C@@H]2CC[C@@]1(CS(=O)(=O)Nc1cccc(S(N)(=O)=O)c1)C(=O)C2. The molecule has 2 bridgehead atoms. The first-order chi connectivity index (χ1) is 11.4. The highest BCUT2D eigenvalue weighted by Gasteiger charge is 2.65. The number of Topliss-reactive ketones (excluding diaryl/α,β-unsaturated/α-hetero) is 1. The summed E-state index contributed by atoms with van der Waals surface area (Å²) in [5.41, 5.74) is -1.12. The van der Waals surface area contributed by atoms with Crippen LogP contribution in [0.1, 0.15) is 33.1 Å². The number of carbonyl (C=O) groups is 1. The van der Waals surface area contributed by atoms with Gasteiger partial charge in [0.2, 0.25) is 20.0 Å². The third-order valence-corrected chi connectivity index (χ3v) is 8.34. The van der Waals surface area contributed by atoms with Gasteiger partial charge in [0, 0.05) is 12.1 Å². The lowest BCUT2D eigenvalue weighted by atomic mass is 9.70. The number of hydrogen-bond donors (Lipinski definition) is 2. The second kappa shape index (κ2) is 5.52. The first-order valence-electron chi connectivity index (χ1n) is 8.04. The Kier molecular flexibility index (Phi) is 4.05. The lowest BCUT2D eigenvalue weighted by Gasteiger charge is -2.36. The molecule has 0 spiro atoms. The van der Waals surface area contributed by atoms with E-state index in [1.54, 1.807) is 0 Å². The zero-order valence-corrected chi connectivity index (χ0v) is 15.8. The van der Waals surface area contributed by atoms with E-state index in [-0.39, 0.29) is 33.5 Å². The van der Waals surface area contributed by atoms with E-state index in [4.69, 9.17) is 5.14 Å². The highest BCUT2D eigenvalue weighted by Crippen LogP contribution is 2.64. The Hall–Kier alpha value is -1.45. The number of nitrogens with one attached hydrogen (secondary N) is 1. The van der Waals surface area contributed by atoms with Crippen LogP contribution < -0.4 is 9.86 Å². The molecule has 3 rings (SSSR count). The van der Waals surface area contributed by atoms with Crippen LogP contribution in [0.25, 0.3) is 0 Å². The number of benzene rings is 1. The largest absolute Gasteiger partial charge is 0.299 e. The summed E-state index contributed by atoms with van der Waals surface area (Å²) < 4.78 is 50.6. The topological polar surface area (TPSA) is 123 Å². The average Bonchev–Trinajstić information content (AvgIpc) is 2.79. The van der Waals surface area contributed by atoms with Crippen LogP contribution in [0.3, 0.4) is 0 Å². The molecule has 1 aromatic rings. The molecule has 2 atom stereocenters. The predicted octanol–water partition coefficient (Wildman–Crippen LogP) is 1.47. The molecule has 25 heavy (non-hydrogen) atoms. The molecule has 7 nitrogen and oxygen atoms in total. The normalized spacial score (nSPS) is 28.3. The van der Waals surface area contributed by atoms with Crippen molar-refractivity contribution < 1.29 is 21.6 Å². The lowest BCUT2D eigenvalue weighted by Crippen LogP contribution is -2.43. The second-order valence-electron chi connectivity index (χ2n) is 7.60. The van der Waals surface area contributed by atoms with Crippen molar-refractivity contribution in [3.8, 4) is 0 Å². The maximum absolute atomic E-state index is 12.7. The quantitative estimate of drug-likeness (QED) is 0.793. The van der Waals surface area contributed by atoms with Gasteiger partial charge in [-0.05, 0) is 42.4 Å². The van der Waals surface area contributed by atoms with E-state index >= 15 is 0 Å². The fourth-order valence-corrected chi connectivity index (χ4v) is 6.83. The highest BCUT2D eigenvalue weighted by atomic mass is 32.2. The molecule has 0 radical (unpaired) electrons. The summed E-state index contributed by atoms with van der Waals surface area (Å²) >= 11 is 0. The smallest absolute Gasteiger partial charge is 0.238 e. The molecule has 138 valence electrons. The Morgan fingerprint density at radius 2 is 1.92 bits per heavy atom. The minimum atomic E-state index is -3.93.